The number of nitrogens with one attached hydrogen (secondary N) is 1. The van der Waals surface area contributed by atoms with E-state index in [9.17, 15) is 18.3 Å². The highest BCUT2D eigenvalue weighted by Gasteiger charge is 2.40. The van der Waals surface area contributed by atoms with E-state index in [1.54, 1.807) is 0 Å². The van der Waals surface area contributed by atoms with Crippen molar-refractivity contribution in [1.29, 1.82) is 0 Å². The first kappa shape index (κ1) is 25.1. The molecule has 166 valence electrons. The van der Waals surface area contributed by atoms with Gasteiger partial charge in [0.2, 0.25) is 0 Å². The number of hydrogen-bond acceptors (Lipinski definition) is 7. The lowest BCUT2D eigenvalue weighted by molar-refractivity contribution is -0.182. The fourth-order valence-corrected chi connectivity index (χ4v) is 3.70. The van der Waals surface area contributed by atoms with Crippen LogP contribution < -0.4 is 5.32 Å². The molecule has 1 amide bonds. The zero-order valence-corrected chi connectivity index (χ0v) is 17.7. The summed E-state index contributed by atoms with van der Waals surface area (Å²) in [5.74, 6) is -1.47. The van der Waals surface area contributed by atoms with Crippen LogP contribution >= 0.6 is 0 Å². The van der Waals surface area contributed by atoms with Gasteiger partial charge in [0.25, 0.3) is 10.1 Å². The molecular weight excluding hydrogens is 390 g/mol. The Morgan fingerprint density at radius 3 is 2.36 bits per heavy atom. The van der Waals surface area contributed by atoms with Gasteiger partial charge in [-0.25, -0.2) is 4.79 Å². The lowest BCUT2D eigenvalue weighted by Crippen LogP contribution is -2.37. The molecular formula is C18H35NO8S. The molecule has 2 unspecified atom stereocenters. The van der Waals surface area contributed by atoms with Crippen LogP contribution in [0, 0.1) is 0 Å². The lowest BCUT2D eigenvalue weighted by atomic mass is 10.0. The largest absolute Gasteiger partial charge is 0.447 e. The first-order valence-corrected chi connectivity index (χ1v) is 11.7. The molecule has 1 aliphatic rings. The van der Waals surface area contributed by atoms with Crippen LogP contribution in [0.25, 0.3) is 0 Å². The van der Waals surface area contributed by atoms with Crippen molar-refractivity contribution in [2.24, 2.45) is 0 Å². The molecule has 0 aromatic rings. The number of aliphatic hydroxyl groups is 1. The number of alkyl carbamates (subject to hydrolysis) is 1. The fourth-order valence-electron chi connectivity index (χ4n) is 3.10. The molecule has 1 rings (SSSR count). The van der Waals surface area contributed by atoms with Gasteiger partial charge in [0, 0.05) is 19.4 Å². The molecule has 0 radical (unpaired) electrons. The molecule has 2 atom stereocenters. The van der Waals surface area contributed by atoms with Crippen molar-refractivity contribution in [1.82, 2.24) is 5.32 Å². The Morgan fingerprint density at radius 1 is 1.21 bits per heavy atom. The van der Waals surface area contributed by atoms with Gasteiger partial charge in [-0.1, -0.05) is 39.5 Å². The first-order valence-electron chi connectivity index (χ1n) is 10.1. The quantitative estimate of drug-likeness (QED) is 0.285. The summed E-state index contributed by atoms with van der Waals surface area (Å²) >= 11 is 0. The molecule has 1 aliphatic heterocycles. The van der Waals surface area contributed by atoms with Gasteiger partial charge >= 0.3 is 6.09 Å². The third-order valence-corrected chi connectivity index (χ3v) is 5.33. The third kappa shape index (κ3) is 10.6. The molecule has 0 bridgehead atoms. The van der Waals surface area contributed by atoms with Crippen molar-refractivity contribution < 1.29 is 37.1 Å². The van der Waals surface area contributed by atoms with Crippen molar-refractivity contribution >= 4 is 16.2 Å². The Kier molecular flexibility index (Phi) is 11.3. The number of carbonyl (C=O) groups excluding carboxylic acids is 1. The normalized spacial score (nSPS) is 20.1. The van der Waals surface area contributed by atoms with Gasteiger partial charge in [-0.05, 0) is 12.8 Å². The molecule has 28 heavy (non-hydrogen) atoms. The average molecular weight is 426 g/mol. The second-order valence-corrected chi connectivity index (χ2v) is 8.75. The van der Waals surface area contributed by atoms with E-state index < -0.39 is 33.9 Å². The van der Waals surface area contributed by atoms with E-state index in [-0.39, 0.29) is 19.3 Å². The number of amides is 1. The molecule has 1 heterocycles. The number of carbonyl (C=O) groups is 1. The summed E-state index contributed by atoms with van der Waals surface area (Å²) in [6.45, 7) is 4.28. The van der Waals surface area contributed by atoms with Crippen LogP contribution in [0.15, 0.2) is 0 Å². The third-order valence-electron chi connectivity index (χ3n) is 4.52. The van der Waals surface area contributed by atoms with Gasteiger partial charge in [-0.2, -0.15) is 8.42 Å². The smallest absolute Gasteiger partial charge is 0.407 e. The van der Waals surface area contributed by atoms with Crippen LogP contribution in [-0.4, -0.2) is 67.7 Å². The molecule has 0 aliphatic carbocycles. The Morgan fingerprint density at radius 2 is 1.82 bits per heavy atom. The highest BCUT2D eigenvalue weighted by molar-refractivity contribution is 7.85. The molecule has 0 saturated carbocycles. The van der Waals surface area contributed by atoms with Gasteiger partial charge in [-0.15, -0.1) is 0 Å². The van der Waals surface area contributed by atoms with Gasteiger partial charge in [0.1, 0.15) is 18.5 Å². The van der Waals surface area contributed by atoms with Crippen LogP contribution in [0.5, 0.6) is 0 Å². The molecule has 3 N–H and O–H groups in total. The molecule has 1 fully saturated rings. The Hall–Kier alpha value is -0.940. The zero-order chi connectivity index (χ0) is 21.0. The summed E-state index contributed by atoms with van der Waals surface area (Å²) in [6.07, 6.45) is 5.52. The van der Waals surface area contributed by atoms with Gasteiger partial charge in [-0.3, -0.25) is 4.55 Å². The molecule has 1 saturated heterocycles. The zero-order valence-electron chi connectivity index (χ0n) is 16.9. The number of hydrogen-bond donors (Lipinski definition) is 3. The van der Waals surface area contributed by atoms with Crippen molar-refractivity contribution in [3.05, 3.63) is 0 Å². The second-order valence-electron chi connectivity index (χ2n) is 7.26. The molecule has 10 heteroatoms. The summed E-state index contributed by atoms with van der Waals surface area (Å²) in [5.41, 5.74) is 0. The molecule has 0 spiro atoms. The summed E-state index contributed by atoms with van der Waals surface area (Å²) in [7, 11) is -4.31. The minimum atomic E-state index is -4.31. The van der Waals surface area contributed by atoms with E-state index in [1.807, 2.05) is 0 Å². The number of ether oxygens (including phenoxy) is 3. The van der Waals surface area contributed by atoms with E-state index in [0.717, 1.165) is 51.4 Å². The van der Waals surface area contributed by atoms with Gasteiger partial charge in [0.05, 0.1) is 12.7 Å². The summed E-state index contributed by atoms with van der Waals surface area (Å²) in [4.78, 5) is 11.7. The van der Waals surface area contributed by atoms with Crippen molar-refractivity contribution in [2.45, 2.75) is 83.2 Å². The predicted octanol–water partition coefficient (Wildman–Crippen LogP) is 2.23. The van der Waals surface area contributed by atoms with E-state index >= 15 is 0 Å². The van der Waals surface area contributed by atoms with Crippen LogP contribution in [-0.2, 0) is 24.3 Å². The van der Waals surface area contributed by atoms with E-state index in [1.165, 1.54) is 0 Å². The maximum absolute atomic E-state index is 11.7. The number of aliphatic hydroxyl groups excluding tert-OH is 1. The molecule has 0 aromatic heterocycles. The van der Waals surface area contributed by atoms with Crippen molar-refractivity contribution in [2.75, 3.05) is 25.5 Å². The Balaban J connectivity index is 2.38. The van der Waals surface area contributed by atoms with Crippen molar-refractivity contribution in [3.63, 3.8) is 0 Å². The predicted molar refractivity (Wildman–Crippen MR) is 104 cm³/mol. The fraction of sp³-hybridized carbons (Fsp3) is 0.944. The van der Waals surface area contributed by atoms with Crippen molar-refractivity contribution in [3.8, 4) is 0 Å². The lowest BCUT2D eigenvalue weighted by Gasteiger charge is -2.28. The summed E-state index contributed by atoms with van der Waals surface area (Å²) in [6, 6.07) is 0. The average Bonchev–Trinajstić information content (AvgIpc) is 3.01. The first-order chi connectivity index (χ1) is 13.2. The minimum Gasteiger partial charge on any atom is -0.447 e. The van der Waals surface area contributed by atoms with Crippen LogP contribution in [0.4, 0.5) is 4.79 Å². The van der Waals surface area contributed by atoms with Gasteiger partial charge < -0.3 is 24.6 Å². The second kappa shape index (κ2) is 12.6. The standard InChI is InChI=1S/C18H35NO8S/c1-3-5-7-9-18(10-8-6-4-2)26-13-16(27-18)12-25-17(21)19-11-15(20)14-28(22,23)24/h15-16,20H,3-14H2,1-2H3,(H,19,21)(H,22,23,24). The van der Waals surface area contributed by atoms with E-state index in [0.29, 0.717) is 6.61 Å². The molecule has 9 nitrogen and oxygen atoms in total. The summed E-state index contributed by atoms with van der Waals surface area (Å²) in [5, 5.41) is 11.7. The number of unbranched alkanes of at least 4 members (excludes halogenated alkanes) is 4. The Bertz CT molecular complexity index is 544. The molecule has 0 aromatic carbocycles. The minimum absolute atomic E-state index is 0.00350. The highest BCUT2D eigenvalue weighted by Crippen LogP contribution is 2.34. The Labute approximate surface area is 167 Å². The van der Waals surface area contributed by atoms with E-state index in [4.69, 9.17) is 18.8 Å². The SMILES string of the molecule is CCCCCC1(CCCCC)OCC(COC(=O)NCC(O)CS(=O)(=O)O)O1. The van der Waals surface area contributed by atoms with E-state index in [2.05, 4.69) is 19.2 Å². The monoisotopic (exact) mass is 425 g/mol. The maximum Gasteiger partial charge on any atom is 0.407 e. The maximum atomic E-state index is 11.7. The topological polar surface area (TPSA) is 131 Å². The van der Waals surface area contributed by atoms with Crippen LogP contribution in [0.2, 0.25) is 0 Å². The summed E-state index contributed by atoms with van der Waals surface area (Å²) < 4.78 is 47.1. The van der Waals surface area contributed by atoms with Crippen LogP contribution in [0.1, 0.15) is 65.2 Å². The van der Waals surface area contributed by atoms with Gasteiger partial charge in [0.15, 0.2) is 5.79 Å². The highest BCUT2D eigenvalue weighted by atomic mass is 32.2. The number of rotatable bonds is 14. The van der Waals surface area contributed by atoms with Crippen LogP contribution in [0.3, 0.4) is 0 Å².